The van der Waals surface area contributed by atoms with Crippen LogP contribution in [0.1, 0.15) is 41.3 Å². The highest BCUT2D eigenvalue weighted by Gasteiger charge is 2.37. The fourth-order valence-electron chi connectivity index (χ4n) is 2.84. The molecular weight excluding hydrogens is 367 g/mol. The molecule has 0 amide bonds. The lowest BCUT2D eigenvalue weighted by Gasteiger charge is -2.09. The smallest absolute Gasteiger partial charge is 0.267 e. The number of hydrogen-bond donors (Lipinski definition) is 1. The molecule has 1 fully saturated rings. The Balaban J connectivity index is 1.63. The highest BCUT2D eigenvalue weighted by Crippen LogP contribution is 2.42. The van der Waals surface area contributed by atoms with Gasteiger partial charge in [-0.15, -0.1) is 0 Å². The average Bonchev–Trinajstić information content (AvgIpc) is 3.26. The zero-order valence-corrected chi connectivity index (χ0v) is 15.1. The maximum atomic E-state index is 12.9. The Morgan fingerprint density at radius 1 is 1.27 bits per heavy atom. The van der Waals surface area contributed by atoms with Gasteiger partial charge in [-0.1, -0.05) is 29.8 Å². The molecule has 1 aromatic carbocycles. The van der Waals surface area contributed by atoms with E-state index >= 15 is 0 Å². The van der Waals surface area contributed by atoms with Gasteiger partial charge >= 0.3 is 6.18 Å². The fourth-order valence-corrected chi connectivity index (χ4v) is 3.96. The number of alkyl halides is 3. The molecule has 26 heavy (non-hydrogen) atoms. The van der Waals surface area contributed by atoms with E-state index in [-0.39, 0.29) is 24.8 Å². The third kappa shape index (κ3) is 4.85. The van der Waals surface area contributed by atoms with Crippen molar-refractivity contribution in [3.63, 3.8) is 0 Å². The Hall–Kier alpha value is -1.87. The van der Waals surface area contributed by atoms with Crippen LogP contribution < -0.4 is 4.72 Å². The molecule has 9 heteroatoms. The van der Waals surface area contributed by atoms with E-state index in [1.807, 2.05) is 13.0 Å². The molecule has 142 valence electrons. The van der Waals surface area contributed by atoms with Crippen LogP contribution >= 0.6 is 0 Å². The molecule has 0 saturated heterocycles. The summed E-state index contributed by atoms with van der Waals surface area (Å²) in [6, 6.07) is 8.23. The molecule has 0 unspecified atom stereocenters. The number of benzene rings is 1. The summed E-state index contributed by atoms with van der Waals surface area (Å²) >= 11 is 0. The van der Waals surface area contributed by atoms with Gasteiger partial charge in [-0.3, -0.25) is 4.68 Å². The molecule has 1 aliphatic rings. The lowest BCUT2D eigenvalue weighted by Crippen LogP contribution is -2.29. The largest absolute Gasteiger partial charge is 0.435 e. The van der Waals surface area contributed by atoms with Gasteiger partial charge in [0, 0.05) is 18.2 Å². The van der Waals surface area contributed by atoms with Crippen molar-refractivity contribution in [2.45, 2.75) is 44.2 Å². The molecule has 3 rings (SSSR count). The van der Waals surface area contributed by atoms with E-state index < -0.39 is 21.9 Å². The first-order valence-corrected chi connectivity index (χ1v) is 9.97. The van der Waals surface area contributed by atoms with Crippen LogP contribution in [0.3, 0.4) is 0 Å². The summed E-state index contributed by atoms with van der Waals surface area (Å²) in [5, 5.41) is 3.61. The van der Waals surface area contributed by atoms with E-state index in [1.165, 1.54) is 4.68 Å². The number of nitrogens with zero attached hydrogens (tertiary/aromatic N) is 2. The predicted molar refractivity (Wildman–Crippen MR) is 91.0 cm³/mol. The Morgan fingerprint density at radius 2 is 2.00 bits per heavy atom. The zero-order chi connectivity index (χ0) is 18.9. The van der Waals surface area contributed by atoms with E-state index in [9.17, 15) is 21.6 Å². The summed E-state index contributed by atoms with van der Waals surface area (Å²) in [7, 11) is -3.57. The van der Waals surface area contributed by atoms with Gasteiger partial charge in [-0.05, 0) is 31.4 Å². The molecule has 0 radical (unpaired) electrons. The number of aromatic nitrogens is 2. The first-order valence-electron chi connectivity index (χ1n) is 8.32. The van der Waals surface area contributed by atoms with Gasteiger partial charge in [0.05, 0.1) is 12.3 Å². The van der Waals surface area contributed by atoms with Crippen LogP contribution in [0, 0.1) is 6.92 Å². The van der Waals surface area contributed by atoms with Crippen molar-refractivity contribution >= 4 is 10.0 Å². The van der Waals surface area contributed by atoms with Crippen molar-refractivity contribution in [2.24, 2.45) is 0 Å². The molecule has 0 spiro atoms. The van der Waals surface area contributed by atoms with E-state index in [0.29, 0.717) is 11.3 Å². The van der Waals surface area contributed by atoms with Crippen molar-refractivity contribution < 1.29 is 21.6 Å². The van der Waals surface area contributed by atoms with Crippen LogP contribution in [-0.4, -0.2) is 24.7 Å². The van der Waals surface area contributed by atoms with Crippen molar-refractivity contribution in [2.75, 3.05) is 6.54 Å². The Labute approximate surface area is 150 Å². The van der Waals surface area contributed by atoms with Crippen LogP contribution in [0.2, 0.25) is 0 Å². The Morgan fingerprint density at radius 3 is 2.62 bits per heavy atom. The Bertz CT molecular complexity index is 887. The zero-order valence-electron chi connectivity index (χ0n) is 14.3. The molecule has 5 nitrogen and oxygen atoms in total. The first-order chi connectivity index (χ1) is 12.1. The second-order valence-electron chi connectivity index (χ2n) is 6.59. The summed E-state index contributed by atoms with van der Waals surface area (Å²) < 4.78 is 66.7. The lowest BCUT2D eigenvalue weighted by atomic mass is 10.2. The van der Waals surface area contributed by atoms with Gasteiger partial charge in [0.1, 0.15) is 0 Å². The van der Waals surface area contributed by atoms with Crippen molar-refractivity contribution in [3.8, 4) is 0 Å². The number of sulfonamides is 1. The number of nitrogens with one attached hydrogen (secondary N) is 1. The maximum Gasteiger partial charge on any atom is 0.435 e. The van der Waals surface area contributed by atoms with Gasteiger partial charge in [-0.25, -0.2) is 13.1 Å². The highest BCUT2D eigenvalue weighted by molar-refractivity contribution is 7.88. The standard InChI is InChI=1S/C17H20F3N3O2S/c1-12-3-2-4-13(9-12)11-26(24,25)21-7-8-23-15(14-5-6-14)10-16(22-23)17(18,19)20/h2-4,9-10,14,21H,5-8,11H2,1H3. The van der Waals surface area contributed by atoms with Crippen molar-refractivity contribution in [1.29, 1.82) is 0 Å². The first kappa shape index (κ1) is 18.9. The lowest BCUT2D eigenvalue weighted by molar-refractivity contribution is -0.141. The van der Waals surface area contributed by atoms with Gasteiger partial charge in [0.2, 0.25) is 10.0 Å². The predicted octanol–water partition coefficient (Wildman–Crippen LogP) is 3.21. The molecule has 1 saturated carbocycles. The number of hydrogen-bond acceptors (Lipinski definition) is 3. The molecule has 1 aliphatic carbocycles. The third-order valence-corrected chi connectivity index (χ3v) is 5.54. The summed E-state index contributed by atoms with van der Waals surface area (Å²) in [4.78, 5) is 0. The molecule has 1 heterocycles. The molecule has 1 N–H and O–H groups in total. The van der Waals surface area contributed by atoms with Gasteiger partial charge < -0.3 is 0 Å². The quantitative estimate of drug-likeness (QED) is 0.794. The topological polar surface area (TPSA) is 64.0 Å². The third-order valence-electron chi connectivity index (χ3n) is 4.18. The molecule has 0 atom stereocenters. The van der Waals surface area contributed by atoms with Gasteiger partial charge in [0.25, 0.3) is 0 Å². The van der Waals surface area contributed by atoms with Crippen LogP contribution in [0.15, 0.2) is 30.3 Å². The number of aryl methyl sites for hydroxylation is 1. The van der Waals surface area contributed by atoms with Gasteiger partial charge in [-0.2, -0.15) is 18.3 Å². The fraction of sp³-hybridized carbons (Fsp3) is 0.471. The van der Waals surface area contributed by atoms with Crippen molar-refractivity contribution in [1.82, 2.24) is 14.5 Å². The summed E-state index contributed by atoms with van der Waals surface area (Å²) in [6.07, 6.45) is -2.83. The highest BCUT2D eigenvalue weighted by atomic mass is 32.2. The van der Waals surface area contributed by atoms with Gasteiger partial charge in [0.15, 0.2) is 5.69 Å². The number of rotatable bonds is 7. The molecule has 1 aromatic heterocycles. The Kier molecular flexibility index (Phi) is 5.12. The molecule has 0 bridgehead atoms. The monoisotopic (exact) mass is 387 g/mol. The average molecular weight is 387 g/mol. The van der Waals surface area contributed by atoms with Crippen LogP contribution in [0.25, 0.3) is 0 Å². The minimum absolute atomic E-state index is 0.00710. The SMILES string of the molecule is Cc1cccc(CS(=O)(=O)NCCn2nc(C(F)(F)F)cc2C2CC2)c1. The minimum atomic E-state index is -4.50. The second kappa shape index (κ2) is 7.03. The minimum Gasteiger partial charge on any atom is -0.267 e. The van der Waals surface area contributed by atoms with E-state index in [2.05, 4.69) is 9.82 Å². The normalized spacial score (nSPS) is 15.4. The molecule has 2 aromatic rings. The van der Waals surface area contributed by atoms with Crippen LogP contribution in [0.4, 0.5) is 13.2 Å². The summed E-state index contributed by atoms with van der Waals surface area (Å²) in [5.41, 5.74) is 1.22. The van der Waals surface area contributed by atoms with E-state index in [1.54, 1.807) is 18.2 Å². The van der Waals surface area contributed by atoms with E-state index in [0.717, 1.165) is 24.5 Å². The second-order valence-corrected chi connectivity index (χ2v) is 8.40. The van der Waals surface area contributed by atoms with Crippen molar-refractivity contribution in [3.05, 3.63) is 52.8 Å². The van der Waals surface area contributed by atoms with E-state index in [4.69, 9.17) is 0 Å². The number of halogens is 3. The summed E-state index contributed by atoms with van der Waals surface area (Å²) in [6.45, 7) is 1.93. The maximum absolute atomic E-state index is 12.9. The van der Waals surface area contributed by atoms with Crippen LogP contribution in [-0.2, 0) is 28.5 Å². The summed E-state index contributed by atoms with van der Waals surface area (Å²) in [5.74, 6) is -0.0839. The van der Waals surface area contributed by atoms with Crippen LogP contribution in [0.5, 0.6) is 0 Å². The molecular formula is C17H20F3N3O2S. The molecule has 0 aliphatic heterocycles.